The number of likely N-dealkylation sites (tertiary alicyclic amines) is 2. The number of carbonyl (C=O) groups excluding carboxylic acids is 3. The molecule has 0 radical (unpaired) electrons. The van der Waals surface area contributed by atoms with Crippen LogP contribution in [-0.4, -0.2) is 46.1 Å². The minimum absolute atomic E-state index is 0.0574. The highest BCUT2D eigenvalue weighted by atomic mass is 16.2. The van der Waals surface area contributed by atoms with Crippen LogP contribution >= 0.6 is 0 Å². The molecule has 0 saturated carbocycles. The van der Waals surface area contributed by atoms with E-state index in [9.17, 15) is 14.4 Å². The van der Waals surface area contributed by atoms with Gasteiger partial charge in [0.05, 0.1) is 11.8 Å². The van der Waals surface area contributed by atoms with Gasteiger partial charge in [-0.05, 0) is 44.7 Å². The lowest BCUT2D eigenvalue weighted by atomic mass is 9.74. The Balaban J connectivity index is 1.53. The molecule has 4 atom stereocenters. The topological polar surface area (TPSA) is 69.7 Å². The van der Waals surface area contributed by atoms with E-state index in [-0.39, 0.29) is 23.8 Å². The monoisotopic (exact) mass is 445 g/mol. The zero-order valence-electron chi connectivity index (χ0n) is 19.5. The summed E-state index contributed by atoms with van der Waals surface area (Å²) in [6, 6.07) is 15.9. The Morgan fingerprint density at radius 3 is 2.21 bits per heavy atom. The summed E-state index contributed by atoms with van der Waals surface area (Å²) in [5.74, 6) is -1.64. The van der Waals surface area contributed by atoms with Crippen molar-refractivity contribution in [2.24, 2.45) is 11.8 Å². The molecular weight excluding hydrogens is 414 g/mol. The lowest BCUT2D eigenvalue weighted by Crippen LogP contribution is -2.63. The number of hydrogen-bond donors (Lipinski definition) is 1. The van der Waals surface area contributed by atoms with Crippen LogP contribution in [0.5, 0.6) is 0 Å². The second kappa shape index (κ2) is 8.10. The van der Waals surface area contributed by atoms with E-state index in [0.29, 0.717) is 26.1 Å². The number of nitrogens with zero attached hydrogens (tertiary/aromatic N) is 2. The first-order valence-electron chi connectivity index (χ1n) is 11.9. The summed E-state index contributed by atoms with van der Waals surface area (Å²) in [5, 5.41) is 3.56. The summed E-state index contributed by atoms with van der Waals surface area (Å²) in [6.45, 7) is 7.39. The molecule has 3 aliphatic heterocycles. The first kappa shape index (κ1) is 21.8. The van der Waals surface area contributed by atoms with Gasteiger partial charge in [-0.1, -0.05) is 59.7 Å². The summed E-state index contributed by atoms with van der Waals surface area (Å²) in [5.41, 5.74) is 3.29. The molecule has 6 heteroatoms. The molecule has 1 spiro atoms. The normalized spacial score (nSPS) is 29.3. The van der Waals surface area contributed by atoms with Crippen molar-refractivity contribution >= 4 is 17.7 Å². The Labute approximate surface area is 194 Å². The third kappa shape index (κ3) is 3.39. The van der Waals surface area contributed by atoms with Crippen molar-refractivity contribution in [2.45, 2.75) is 51.7 Å². The van der Waals surface area contributed by atoms with Gasteiger partial charge in [-0.2, -0.15) is 0 Å². The van der Waals surface area contributed by atoms with Crippen molar-refractivity contribution in [3.63, 3.8) is 0 Å². The molecular formula is C27H31N3O3. The molecule has 2 aromatic carbocycles. The van der Waals surface area contributed by atoms with E-state index in [2.05, 4.69) is 17.4 Å². The lowest BCUT2D eigenvalue weighted by molar-refractivity contribution is -0.150. The number of hydrogen-bond acceptors (Lipinski definition) is 4. The minimum Gasteiger partial charge on any atom is -0.337 e. The fourth-order valence-electron chi connectivity index (χ4n) is 5.96. The van der Waals surface area contributed by atoms with Gasteiger partial charge < -0.3 is 4.90 Å². The molecule has 0 aromatic heterocycles. The van der Waals surface area contributed by atoms with Crippen LogP contribution in [0.25, 0.3) is 0 Å². The van der Waals surface area contributed by atoms with Gasteiger partial charge in [-0.3, -0.25) is 24.6 Å². The van der Waals surface area contributed by atoms with Crippen LogP contribution in [0, 0.1) is 25.7 Å². The first-order chi connectivity index (χ1) is 15.9. The highest BCUT2D eigenvalue weighted by Gasteiger charge is 2.68. The molecule has 0 unspecified atom stereocenters. The zero-order valence-corrected chi connectivity index (χ0v) is 19.5. The molecule has 3 heterocycles. The summed E-state index contributed by atoms with van der Waals surface area (Å²) < 4.78 is 0. The molecule has 3 aliphatic rings. The molecule has 6 nitrogen and oxygen atoms in total. The second-order valence-corrected chi connectivity index (χ2v) is 9.74. The molecule has 33 heavy (non-hydrogen) atoms. The molecule has 5 rings (SSSR count). The largest absolute Gasteiger partial charge is 0.337 e. The molecule has 1 N–H and O–H groups in total. The molecule has 172 valence electrons. The van der Waals surface area contributed by atoms with Crippen LogP contribution in [0.3, 0.4) is 0 Å². The standard InChI is InChI=1S/C27H31N3O3/c1-4-30-24(31)21-22(25(30)32)27(28-23(21)20-12-8-18(3)9-13-20)14-5-15-29(26(27)33)16-19-10-6-17(2)7-11-19/h6-13,21-23,28H,4-5,14-16H2,1-3H3/t21-,22-,23-,27-/m1/s1. The van der Waals surface area contributed by atoms with Crippen LogP contribution in [0.15, 0.2) is 48.5 Å². The van der Waals surface area contributed by atoms with Crippen LogP contribution in [0.2, 0.25) is 0 Å². The number of carbonyl (C=O) groups is 3. The molecule has 0 aliphatic carbocycles. The van der Waals surface area contributed by atoms with Crippen LogP contribution < -0.4 is 5.32 Å². The van der Waals surface area contributed by atoms with E-state index in [4.69, 9.17) is 0 Å². The van der Waals surface area contributed by atoms with Gasteiger partial charge in [0.2, 0.25) is 17.7 Å². The fourth-order valence-corrected chi connectivity index (χ4v) is 5.96. The summed E-state index contributed by atoms with van der Waals surface area (Å²) in [4.78, 5) is 44.1. The smallest absolute Gasteiger partial charge is 0.244 e. The summed E-state index contributed by atoms with van der Waals surface area (Å²) in [7, 11) is 0. The Morgan fingerprint density at radius 1 is 0.939 bits per heavy atom. The molecule has 2 aromatic rings. The molecule has 0 bridgehead atoms. The minimum atomic E-state index is -1.04. The quantitative estimate of drug-likeness (QED) is 0.734. The Morgan fingerprint density at radius 2 is 1.58 bits per heavy atom. The predicted molar refractivity (Wildman–Crippen MR) is 125 cm³/mol. The molecule has 3 fully saturated rings. The van der Waals surface area contributed by atoms with Crippen molar-refractivity contribution in [1.29, 1.82) is 0 Å². The van der Waals surface area contributed by atoms with E-state index >= 15 is 0 Å². The molecule has 3 saturated heterocycles. The summed E-state index contributed by atoms with van der Waals surface area (Å²) >= 11 is 0. The number of piperidine rings is 1. The Kier molecular flexibility index (Phi) is 5.36. The van der Waals surface area contributed by atoms with Gasteiger partial charge in [0.25, 0.3) is 0 Å². The van der Waals surface area contributed by atoms with Gasteiger partial charge in [0, 0.05) is 25.7 Å². The fraction of sp³-hybridized carbons (Fsp3) is 0.444. The van der Waals surface area contributed by atoms with E-state index in [1.165, 1.54) is 10.5 Å². The van der Waals surface area contributed by atoms with Crippen LogP contribution in [0.4, 0.5) is 0 Å². The number of benzene rings is 2. The average Bonchev–Trinajstić information content (AvgIpc) is 3.27. The van der Waals surface area contributed by atoms with Gasteiger partial charge in [-0.25, -0.2) is 0 Å². The van der Waals surface area contributed by atoms with E-state index in [0.717, 1.165) is 23.1 Å². The van der Waals surface area contributed by atoms with Crippen LogP contribution in [0.1, 0.15) is 48.1 Å². The van der Waals surface area contributed by atoms with Crippen molar-refractivity contribution in [3.8, 4) is 0 Å². The van der Waals surface area contributed by atoms with Crippen molar-refractivity contribution in [3.05, 3.63) is 70.8 Å². The van der Waals surface area contributed by atoms with Gasteiger partial charge in [0.1, 0.15) is 5.54 Å². The highest BCUT2D eigenvalue weighted by molar-refractivity contribution is 6.10. The Hall–Kier alpha value is -2.99. The van der Waals surface area contributed by atoms with Crippen molar-refractivity contribution in [1.82, 2.24) is 15.1 Å². The highest BCUT2D eigenvalue weighted by Crippen LogP contribution is 2.52. The number of fused-ring (bicyclic) bond motifs is 2. The van der Waals surface area contributed by atoms with Crippen molar-refractivity contribution in [2.75, 3.05) is 13.1 Å². The maximum absolute atomic E-state index is 14.0. The third-order valence-corrected chi connectivity index (χ3v) is 7.66. The number of imide groups is 1. The SMILES string of the molecule is CCN1C(=O)[C@H]2[C@@H](c3ccc(C)cc3)N[C@]3(CCCN(Cc4ccc(C)cc4)C3=O)[C@H]2C1=O. The zero-order chi connectivity index (χ0) is 23.3. The Bertz CT molecular complexity index is 1090. The third-order valence-electron chi connectivity index (χ3n) is 7.66. The number of aryl methyl sites for hydroxylation is 2. The number of amides is 3. The van der Waals surface area contributed by atoms with Crippen molar-refractivity contribution < 1.29 is 14.4 Å². The predicted octanol–water partition coefficient (Wildman–Crippen LogP) is 3.13. The maximum Gasteiger partial charge on any atom is 0.244 e. The van der Waals surface area contributed by atoms with E-state index in [1.54, 1.807) is 0 Å². The summed E-state index contributed by atoms with van der Waals surface area (Å²) in [6.07, 6.45) is 1.36. The maximum atomic E-state index is 14.0. The molecule has 3 amide bonds. The first-order valence-corrected chi connectivity index (χ1v) is 11.9. The van der Waals surface area contributed by atoms with Gasteiger partial charge >= 0.3 is 0 Å². The van der Waals surface area contributed by atoms with E-state index < -0.39 is 17.4 Å². The van der Waals surface area contributed by atoms with Gasteiger partial charge in [-0.15, -0.1) is 0 Å². The second-order valence-electron chi connectivity index (χ2n) is 9.74. The van der Waals surface area contributed by atoms with Gasteiger partial charge in [0.15, 0.2) is 0 Å². The van der Waals surface area contributed by atoms with Crippen LogP contribution in [-0.2, 0) is 20.9 Å². The lowest BCUT2D eigenvalue weighted by Gasteiger charge is -2.42. The van der Waals surface area contributed by atoms with E-state index in [1.807, 2.05) is 62.1 Å². The number of nitrogens with one attached hydrogen (secondary N) is 1. The average molecular weight is 446 g/mol. The number of rotatable bonds is 4.